The smallest absolute Gasteiger partial charge is 0.0874 e. The summed E-state index contributed by atoms with van der Waals surface area (Å²) in [6.07, 6.45) is 0.245. The van der Waals surface area contributed by atoms with E-state index in [2.05, 4.69) is 30.1 Å². The molecule has 1 N–H and O–H groups in total. The number of rotatable bonds is 4. The highest BCUT2D eigenvalue weighted by Crippen LogP contribution is 2.23. The van der Waals surface area contributed by atoms with E-state index in [1.54, 1.807) is 0 Å². The van der Waals surface area contributed by atoms with E-state index >= 15 is 0 Å². The molecular formula is C15H23ClN2O. The summed E-state index contributed by atoms with van der Waals surface area (Å²) in [5, 5.41) is 4.25. The average molecular weight is 283 g/mol. The van der Waals surface area contributed by atoms with Crippen molar-refractivity contribution >= 4 is 17.3 Å². The molecule has 1 fully saturated rings. The van der Waals surface area contributed by atoms with Gasteiger partial charge in [0, 0.05) is 36.4 Å². The summed E-state index contributed by atoms with van der Waals surface area (Å²) in [4.78, 5) is 2.46. The number of halogens is 1. The molecular weight excluding hydrogens is 260 g/mol. The Labute approximate surface area is 120 Å². The Balaban J connectivity index is 1.90. The molecule has 1 atom stereocenters. The van der Waals surface area contributed by atoms with E-state index in [0.29, 0.717) is 6.04 Å². The quantitative estimate of drug-likeness (QED) is 0.918. The zero-order valence-electron chi connectivity index (χ0n) is 11.9. The molecule has 1 aliphatic rings. The third-order valence-electron chi connectivity index (χ3n) is 3.69. The SMILES string of the molecule is Cc1c(Cl)cccc1NCC1CN(C(C)C)CCO1. The van der Waals surface area contributed by atoms with Gasteiger partial charge in [0.25, 0.3) is 0 Å². The van der Waals surface area contributed by atoms with Gasteiger partial charge in [0.15, 0.2) is 0 Å². The normalized spacial score (nSPS) is 20.8. The van der Waals surface area contributed by atoms with Crippen LogP contribution in [0.25, 0.3) is 0 Å². The standard InChI is InChI=1S/C15H23ClN2O/c1-11(2)18-7-8-19-13(10-18)9-17-15-6-4-5-14(16)12(15)3/h4-6,11,13,17H,7-10H2,1-3H3. The number of ether oxygens (including phenoxy) is 1. The minimum Gasteiger partial charge on any atom is -0.382 e. The Kier molecular flexibility index (Phi) is 5.08. The topological polar surface area (TPSA) is 24.5 Å². The Hall–Kier alpha value is -0.770. The number of morpholine rings is 1. The van der Waals surface area contributed by atoms with Crippen LogP contribution in [0.1, 0.15) is 19.4 Å². The first kappa shape index (κ1) is 14.6. The number of anilines is 1. The van der Waals surface area contributed by atoms with Crippen molar-refractivity contribution < 1.29 is 4.74 Å². The number of nitrogens with zero attached hydrogens (tertiary/aromatic N) is 1. The van der Waals surface area contributed by atoms with Crippen LogP contribution < -0.4 is 5.32 Å². The lowest BCUT2D eigenvalue weighted by molar-refractivity contribution is -0.0315. The van der Waals surface area contributed by atoms with Gasteiger partial charge in [0.1, 0.15) is 0 Å². The molecule has 0 bridgehead atoms. The minimum absolute atomic E-state index is 0.245. The van der Waals surface area contributed by atoms with Gasteiger partial charge in [-0.3, -0.25) is 4.90 Å². The maximum Gasteiger partial charge on any atom is 0.0874 e. The molecule has 1 saturated heterocycles. The van der Waals surface area contributed by atoms with Gasteiger partial charge >= 0.3 is 0 Å². The first-order valence-corrected chi connectivity index (χ1v) is 7.30. The van der Waals surface area contributed by atoms with Gasteiger partial charge in [0.2, 0.25) is 0 Å². The molecule has 4 heteroatoms. The molecule has 1 aromatic carbocycles. The monoisotopic (exact) mass is 282 g/mol. The van der Waals surface area contributed by atoms with Crippen LogP contribution in [-0.2, 0) is 4.74 Å². The van der Waals surface area contributed by atoms with Crippen LogP contribution in [0.3, 0.4) is 0 Å². The van der Waals surface area contributed by atoms with Crippen molar-refractivity contribution in [3.8, 4) is 0 Å². The molecule has 0 aliphatic carbocycles. The van der Waals surface area contributed by atoms with Crippen LogP contribution in [0.5, 0.6) is 0 Å². The fourth-order valence-corrected chi connectivity index (χ4v) is 2.53. The summed E-state index contributed by atoms with van der Waals surface area (Å²) in [5.41, 5.74) is 2.19. The van der Waals surface area contributed by atoms with Crippen LogP contribution in [0, 0.1) is 6.92 Å². The molecule has 1 aliphatic heterocycles. The molecule has 1 heterocycles. The summed E-state index contributed by atoms with van der Waals surface area (Å²) in [5.74, 6) is 0. The van der Waals surface area contributed by atoms with E-state index in [4.69, 9.17) is 16.3 Å². The Morgan fingerprint density at radius 1 is 1.47 bits per heavy atom. The van der Waals surface area contributed by atoms with Crippen molar-refractivity contribution in [2.75, 3.05) is 31.6 Å². The Morgan fingerprint density at radius 2 is 2.26 bits per heavy atom. The van der Waals surface area contributed by atoms with Crippen LogP contribution >= 0.6 is 11.6 Å². The molecule has 0 spiro atoms. The second-order valence-corrected chi connectivity index (χ2v) is 5.78. The molecule has 19 heavy (non-hydrogen) atoms. The summed E-state index contributed by atoms with van der Waals surface area (Å²) >= 11 is 6.12. The molecule has 1 unspecified atom stereocenters. The van der Waals surface area contributed by atoms with Crippen molar-refractivity contribution in [2.45, 2.75) is 32.9 Å². The summed E-state index contributed by atoms with van der Waals surface area (Å²) in [7, 11) is 0. The third-order valence-corrected chi connectivity index (χ3v) is 4.10. The van der Waals surface area contributed by atoms with Crippen molar-refractivity contribution in [1.82, 2.24) is 4.90 Å². The molecule has 2 rings (SSSR count). The zero-order chi connectivity index (χ0) is 13.8. The van der Waals surface area contributed by atoms with Crippen LogP contribution in [0.4, 0.5) is 5.69 Å². The predicted molar refractivity (Wildman–Crippen MR) is 81.1 cm³/mol. The zero-order valence-corrected chi connectivity index (χ0v) is 12.7. The van der Waals surface area contributed by atoms with Gasteiger partial charge in [-0.05, 0) is 38.5 Å². The molecule has 106 valence electrons. The lowest BCUT2D eigenvalue weighted by Crippen LogP contribution is -2.48. The van der Waals surface area contributed by atoms with E-state index in [1.165, 1.54) is 0 Å². The van der Waals surface area contributed by atoms with Gasteiger partial charge in [-0.25, -0.2) is 0 Å². The van der Waals surface area contributed by atoms with Crippen molar-refractivity contribution in [1.29, 1.82) is 0 Å². The van der Waals surface area contributed by atoms with Gasteiger partial charge in [-0.2, -0.15) is 0 Å². The maximum atomic E-state index is 6.12. The molecule has 0 amide bonds. The number of hydrogen-bond donors (Lipinski definition) is 1. The van der Waals surface area contributed by atoms with Crippen molar-refractivity contribution in [2.24, 2.45) is 0 Å². The lowest BCUT2D eigenvalue weighted by Gasteiger charge is -2.35. The number of hydrogen-bond acceptors (Lipinski definition) is 3. The van der Waals surface area contributed by atoms with Crippen LogP contribution in [0.15, 0.2) is 18.2 Å². The number of benzene rings is 1. The summed E-state index contributed by atoms with van der Waals surface area (Å²) in [6.45, 7) is 10.2. The highest BCUT2D eigenvalue weighted by molar-refractivity contribution is 6.31. The van der Waals surface area contributed by atoms with Gasteiger partial charge in [-0.1, -0.05) is 17.7 Å². The van der Waals surface area contributed by atoms with Gasteiger partial charge in [-0.15, -0.1) is 0 Å². The lowest BCUT2D eigenvalue weighted by atomic mass is 10.2. The first-order valence-electron chi connectivity index (χ1n) is 6.92. The van der Waals surface area contributed by atoms with E-state index in [1.807, 2.05) is 19.1 Å². The highest BCUT2D eigenvalue weighted by Gasteiger charge is 2.22. The molecule has 3 nitrogen and oxygen atoms in total. The fourth-order valence-electron chi connectivity index (χ4n) is 2.36. The predicted octanol–water partition coefficient (Wildman–Crippen LogP) is 3.17. The fraction of sp³-hybridized carbons (Fsp3) is 0.600. The van der Waals surface area contributed by atoms with Crippen molar-refractivity contribution in [3.05, 3.63) is 28.8 Å². The summed E-state index contributed by atoms with van der Waals surface area (Å²) in [6, 6.07) is 6.53. The summed E-state index contributed by atoms with van der Waals surface area (Å²) < 4.78 is 5.81. The Morgan fingerprint density at radius 3 is 3.00 bits per heavy atom. The van der Waals surface area contributed by atoms with E-state index < -0.39 is 0 Å². The highest BCUT2D eigenvalue weighted by atomic mass is 35.5. The van der Waals surface area contributed by atoms with Gasteiger partial charge in [0.05, 0.1) is 12.7 Å². The Bertz CT molecular complexity index is 423. The van der Waals surface area contributed by atoms with Crippen LogP contribution in [0.2, 0.25) is 5.02 Å². The van der Waals surface area contributed by atoms with Crippen LogP contribution in [-0.4, -0.2) is 43.3 Å². The van der Waals surface area contributed by atoms with E-state index in [9.17, 15) is 0 Å². The average Bonchev–Trinajstić information content (AvgIpc) is 2.41. The third kappa shape index (κ3) is 3.85. The first-order chi connectivity index (χ1) is 9.08. The molecule has 0 saturated carbocycles. The minimum atomic E-state index is 0.245. The molecule has 0 radical (unpaired) electrons. The molecule has 1 aromatic rings. The van der Waals surface area contributed by atoms with Gasteiger partial charge < -0.3 is 10.1 Å². The van der Waals surface area contributed by atoms with Crippen molar-refractivity contribution in [3.63, 3.8) is 0 Å². The van der Waals surface area contributed by atoms with E-state index in [-0.39, 0.29) is 6.10 Å². The maximum absolute atomic E-state index is 6.12. The number of nitrogens with one attached hydrogen (secondary N) is 1. The second kappa shape index (κ2) is 6.60. The largest absolute Gasteiger partial charge is 0.382 e. The molecule has 0 aromatic heterocycles. The second-order valence-electron chi connectivity index (χ2n) is 5.37. The van der Waals surface area contributed by atoms with E-state index in [0.717, 1.165) is 42.5 Å².